The van der Waals surface area contributed by atoms with Crippen molar-refractivity contribution in [1.29, 1.82) is 0 Å². The molecule has 0 amide bonds. The Morgan fingerprint density at radius 2 is 1.38 bits per heavy atom. The first-order valence-electron chi connectivity index (χ1n) is 15.8. The summed E-state index contributed by atoms with van der Waals surface area (Å²) >= 11 is 0. The van der Waals surface area contributed by atoms with Crippen LogP contribution in [0.3, 0.4) is 0 Å². The van der Waals surface area contributed by atoms with Gasteiger partial charge in [-0.25, -0.2) is 4.98 Å². The number of aliphatic imine (C=N–C) groups is 2. The molecule has 250 valence electrons. The minimum Gasteiger partial charge on any atom is -0.323 e. The first-order valence-corrected chi connectivity index (χ1v) is 15.8. The molecule has 3 aromatic rings. The van der Waals surface area contributed by atoms with Crippen LogP contribution in [0.5, 0.6) is 0 Å². The molecule has 0 bridgehead atoms. The number of nitrogens with two attached hydrogens (primary N) is 2. The molecule has 1 unspecified atom stereocenters. The van der Waals surface area contributed by atoms with Crippen molar-refractivity contribution < 1.29 is 9.59 Å². The number of aldehydes is 2. The molecule has 0 fully saturated rings. The largest absolute Gasteiger partial charge is 0.323 e. The van der Waals surface area contributed by atoms with Crippen molar-refractivity contribution in [3.63, 3.8) is 0 Å². The van der Waals surface area contributed by atoms with Crippen LogP contribution in [-0.4, -0.2) is 83.9 Å². The van der Waals surface area contributed by atoms with Crippen LogP contribution in [0, 0.1) is 5.92 Å². The number of hydrazone groups is 2. The number of hydrogen-bond acceptors (Lipinski definition) is 11. The molecular weight excluding hydrogens is 602 g/mol. The van der Waals surface area contributed by atoms with Crippen molar-refractivity contribution in [2.75, 3.05) is 32.7 Å². The number of rotatable bonds is 22. The zero-order valence-electron chi connectivity index (χ0n) is 27.3. The Labute approximate surface area is 283 Å². The molecule has 11 heteroatoms. The molecule has 0 saturated heterocycles. The average Bonchev–Trinajstić information content (AvgIpc) is 3.13. The first-order chi connectivity index (χ1) is 23.6. The van der Waals surface area contributed by atoms with Crippen LogP contribution in [-0.2, 0) is 24.4 Å². The number of hydrogen-bond donors (Lipinski definition) is 2. The highest BCUT2D eigenvalue weighted by molar-refractivity contribution is 6.31. The van der Waals surface area contributed by atoms with Crippen LogP contribution in [0.25, 0.3) is 0 Å². The third-order valence-corrected chi connectivity index (χ3v) is 7.24. The predicted molar refractivity (Wildman–Crippen MR) is 195 cm³/mol. The normalized spacial score (nSPS) is 13.2. The van der Waals surface area contributed by atoms with Crippen LogP contribution in [0.4, 0.5) is 0 Å². The van der Waals surface area contributed by atoms with E-state index in [1.165, 1.54) is 0 Å². The van der Waals surface area contributed by atoms with Crippen LogP contribution >= 0.6 is 0 Å². The number of benzene rings is 2. The fraction of sp³-hybridized carbons (Fsp3) is 0.270. The van der Waals surface area contributed by atoms with Crippen molar-refractivity contribution in [2.45, 2.75) is 26.1 Å². The molecule has 1 heterocycles. The first kappa shape index (κ1) is 37.1. The van der Waals surface area contributed by atoms with E-state index in [9.17, 15) is 9.59 Å². The summed E-state index contributed by atoms with van der Waals surface area (Å²) in [6.07, 6.45) is 11.2. The Balaban J connectivity index is 1.78. The molecule has 11 nitrogen and oxygen atoms in total. The van der Waals surface area contributed by atoms with E-state index in [4.69, 9.17) is 11.7 Å². The van der Waals surface area contributed by atoms with Gasteiger partial charge >= 0.3 is 0 Å². The summed E-state index contributed by atoms with van der Waals surface area (Å²) in [5.41, 5.74) is 4.47. The van der Waals surface area contributed by atoms with Gasteiger partial charge in [0, 0.05) is 57.6 Å². The summed E-state index contributed by atoms with van der Waals surface area (Å²) in [4.78, 5) is 40.8. The van der Waals surface area contributed by atoms with E-state index in [-0.39, 0.29) is 5.92 Å². The Kier molecular flexibility index (Phi) is 17.1. The van der Waals surface area contributed by atoms with Crippen molar-refractivity contribution in [3.05, 3.63) is 126 Å². The Morgan fingerprint density at radius 1 is 0.792 bits per heavy atom. The van der Waals surface area contributed by atoms with Gasteiger partial charge < -0.3 is 16.5 Å². The van der Waals surface area contributed by atoms with Gasteiger partial charge in [-0.1, -0.05) is 85.0 Å². The highest BCUT2D eigenvalue weighted by atomic mass is 16.1. The molecule has 48 heavy (non-hydrogen) atoms. The Hall–Kier alpha value is -5.39. The van der Waals surface area contributed by atoms with E-state index in [1.54, 1.807) is 24.6 Å². The predicted octanol–water partition coefficient (Wildman–Crippen LogP) is 4.12. The second kappa shape index (κ2) is 22.2. The lowest BCUT2D eigenvalue weighted by atomic mass is 10.1. The molecular formula is C37H45N9O2. The van der Waals surface area contributed by atoms with E-state index in [2.05, 4.69) is 41.6 Å². The SMILES string of the molecule is C=CCC(C=O)/C=C/CN(CCN(CC(C=NCc1ccccc1)=NN)Cc1cccc(C=O)n1)CC(C=NCc1ccccc1)=NN. The zero-order valence-corrected chi connectivity index (χ0v) is 27.3. The number of nitrogens with zero attached hydrogens (tertiary/aromatic N) is 7. The molecule has 3 rings (SSSR count). The van der Waals surface area contributed by atoms with Crippen LogP contribution in [0.15, 0.2) is 124 Å². The molecule has 1 atom stereocenters. The van der Waals surface area contributed by atoms with Gasteiger partial charge in [-0.05, 0) is 29.7 Å². The van der Waals surface area contributed by atoms with E-state index in [0.717, 1.165) is 29.4 Å². The van der Waals surface area contributed by atoms with Crippen molar-refractivity contribution >= 4 is 36.4 Å². The Bertz CT molecular complexity index is 1550. The van der Waals surface area contributed by atoms with Gasteiger partial charge in [0.25, 0.3) is 0 Å². The summed E-state index contributed by atoms with van der Waals surface area (Å²) in [7, 11) is 0. The molecule has 0 aliphatic carbocycles. The number of aromatic nitrogens is 1. The lowest BCUT2D eigenvalue weighted by Crippen LogP contribution is -2.40. The number of pyridine rings is 1. The lowest BCUT2D eigenvalue weighted by Gasteiger charge is -2.27. The van der Waals surface area contributed by atoms with Gasteiger partial charge in [0.05, 0.1) is 30.2 Å². The minimum absolute atomic E-state index is 0.245. The highest BCUT2D eigenvalue weighted by Gasteiger charge is 2.15. The monoisotopic (exact) mass is 647 g/mol. The van der Waals surface area contributed by atoms with E-state index < -0.39 is 0 Å². The van der Waals surface area contributed by atoms with E-state index in [1.807, 2.05) is 84.9 Å². The van der Waals surface area contributed by atoms with Gasteiger partial charge in [0.15, 0.2) is 6.29 Å². The molecule has 4 N–H and O–H groups in total. The summed E-state index contributed by atoms with van der Waals surface area (Å²) in [5.74, 6) is 11.4. The maximum atomic E-state index is 11.5. The quantitative estimate of drug-likeness (QED) is 0.0547. The molecule has 0 saturated carbocycles. The van der Waals surface area contributed by atoms with Gasteiger partial charge in [0.2, 0.25) is 0 Å². The minimum atomic E-state index is -0.245. The van der Waals surface area contributed by atoms with Gasteiger partial charge in [-0.2, -0.15) is 10.2 Å². The fourth-order valence-electron chi connectivity index (χ4n) is 4.74. The highest BCUT2D eigenvalue weighted by Crippen LogP contribution is 2.07. The molecule has 0 aliphatic heterocycles. The Morgan fingerprint density at radius 3 is 1.92 bits per heavy atom. The molecule has 0 radical (unpaired) electrons. The van der Waals surface area contributed by atoms with Gasteiger partial charge in [-0.3, -0.25) is 24.6 Å². The maximum absolute atomic E-state index is 11.5. The molecule has 2 aromatic carbocycles. The summed E-state index contributed by atoms with van der Waals surface area (Å²) < 4.78 is 0. The van der Waals surface area contributed by atoms with Crippen molar-refractivity contribution in [1.82, 2.24) is 14.8 Å². The van der Waals surface area contributed by atoms with E-state index >= 15 is 0 Å². The smallest absolute Gasteiger partial charge is 0.168 e. The van der Waals surface area contributed by atoms with Gasteiger partial charge in [0.1, 0.15) is 12.0 Å². The summed E-state index contributed by atoms with van der Waals surface area (Å²) in [6, 6.07) is 25.2. The van der Waals surface area contributed by atoms with Gasteiger partial charge in [-0.15, -0.1) is 6.58 Å². The summed E-state index contributed by atoms with van der Waals surface area (Å²) in [5, 5.41) is 8.01. The zero-order chi connectivity index (χ0) is 34.2. The summed E-state index contributed by atoms with van der Waals surface area (Å²) in [6.45, 7) is 7.74. The second-order valence-corrected chi connectivity index (χ2v) is 11.0. The molecule has 0 aliphatic rings. The lowest BCUT2D eigenvalue weighted by molar-refractivity contribution is -0.109. The van der Waals surface area contributed by atoms with Crippen molar-refractivity contribution in [2.24, 2.45) is 37.8 Å². The molecule has 1 aromatic heterocycles. The van der Waals surface area contributed by atoms with E-state index in [0.29, 0.717) is 75.9 Å². The molecule has 0 spiro atoms. The standard InChI is InChI=1S/C37H45N9O2/c1-2-11-33(29-47)16-10-19-45(27-36(43-38)24-40-22-31-12-5-3-6-13-31)20-21-46(26-34-17-9-18-35(30-48)42-34)28-37(44-39)25-41-23-32-14-7-4-8-15-32/h2-10,12-18,24-25,29-30,33H,1,11,19-23,26-28,38-39H2/b16-10+,40-24?,41-25?,43-36?,44-37?. The number of allylic oxidation sites excluding steroid dienone is 2. The van der Waals surface area contributed by atoms with Crippen LogP contribution in [0.1, 0.15) is 33.7 Å². The topological polar surface area (TPSA) is 155 Å². The van der Waals surface area contributed by atoms with Crippen molar-refractivity contribution in [3.8, 4) is 0 Å². The average molecular weight is 648 g/mol. The van der Waals surface area contributed by atoms with Crippen LogP contribution in [0.2, 0.25) is 0 Å². The maximum Gasteiger partial charge on any atom is 0.168 e. The third-order valence-electron chi connectivity index (χ3n) is 7.24. The fourth-order valence-corrected chi connectivity index (χ4v) is 4.74. The number of carbonyl (C=O) groups excluding carboxylic acids is 2. The second-order valence-electron chi connectivity index (χ2n) is 11.0. The van der Waals surface area contributed by atoms with Crippen LogP contribution < -0.4 is 11.7 Å². The number of carbonyl (C=O) groups is 2. The third kappa shape index (κ3) is 14.4.